The van der Waals surface area contributed by atoms with Crippen LogP contribution in [0.5, 0.6) is 0 Å². The SMILES string of the molecule is O=C(NCC(c1ccc(F)cc1)N1CCOCC1)c1cc(=O)c2ccccc2o1. The monoisotopic (exact) mass is 396 g/mol. The minimum Gasteiger partial charge on any atom is -0.451 e. The van der Waals surface area contributed by atoms with Crippen LogP contribution in [0.15, 0.2) is 63.8 Å². The lowest BCUT2D eigenvalue weighted by Crippen LogP contribution is -2.43. The minimum atomic E-state index is -0.465. The largest absolute Gasteiger partial charge is 0.451 e. The highest BCUT2D eigenvalue weighted by molar-refractivity contribution is 5.93. The van der Waals surface area contributed by atoms with Crippen LogP contribution >= 0.6 is 0 Å². The first-order valence-corrected chi connectivity index (χ1v) is 9.50. The molecule has 0 bridgehead atoms. The highest BCUT2D eigenvalue weighted by Gasteiger charge is 2.24. The fourth-order valence-corrected chi connectivity index (χ4v) is 3.52. The number of benzene rings is 2. The predicted molar refractivity (Wildman–Crippen MR) is 106 cm³/mol. The van der Waals surface area contributed by atoms with Crippen molar-refractivity contribution >= 4 is 16.9 Å². The van der Waals surface area contributed by atoms with E-state index < -0.39 is 5.91 Å². The average Bonchev–Trinajstić information content (AvgIpc) is 2.75. The molecule has 1 fully saturated rings. The number of nitrogens with one attached hydrogen (secondary N) is 1. The van der Waals surface area contributed by atoms with Crippen molar-refractivity contribution in [3.63, 3.8) is 0 Å². The van der Waals surface area contributed by atoms with Crippen LogP contribution in [0.2, 0.25) is 0 Å². The van der Waals surface area contributed by atoms with E-state index >= 15 is 0 Å². The van der Waals surface area contributed by atoms with E-state index in [2.05, 4.69) is 10.2 Å². The third-order valence-corrected chi connectivity index (χ3v) is 5.06. The molecule has 0 radical (unpaired) electrons. The Kier molecular flexibility index (Phi) is 5.69. The fourth-order valence-electron chi connectivity index (χ4n) is 3.52. The maximum atomic E-state index is 13.3. The molecule has 1 atom stereocenters. The van der Waals surface area contributed by atoms with E-state index in [-0.39, 0.29) is 23.0 Å². The van der Waals surface area contributed by atoms with Crippen molar-refractivity contribution in [2.45, 2.75) is 6.04 Å². The first-order valence-electron chi connectivity index (χ1n) is 9.50. The number of halogens is 1. The molecule has 2 aromatic carbocycles. The average molecular weight is 396 g/mol. The molecule has 29 heavy (non-hydrogen) atoms. The molecule has 4 rings (SSSR count). The Balaban J connectivity index is 1.54. The summed E-state index contributed by atoms with van der Waals surface area (Å²) < 4.78 is 24.4. The molecular formula is C22H21FN2O4. The van der Waals surface area contributed by atoms with Gasteiger partial charge in [-0.3, -0.25) is 14.5 Å². The molecule has 1 amide bonds. The van der Waals surface area contributed by atoms with E-state index in [1.54, 1.807) is 36.4 Å². The number of ether oxygens (including phenoxy) is 1. The molecule has 3 aromatic rings. The molecular weight excluding hydrogens is 375 g/mol. The summed E-state index contributed by atoms with van der Waals surface area (Å²) in [7, 11) is 0. The number of carbonyl (C=O) groups excluding carboxylic acids is 1. The quantitative estimate of drug-likeness (QED) is 0.718. The molecule has 6 nitrogen and oxygen atoms in total. The van der Waals surface area contributed by atoms with E-state index in [0.29, 0.717) is 43.8 Å². The van der Waals surface area contributed by atoms with Crippen LogP contribution in [-0.4, -0.2) is 43.7 Å². The van der Waals surface area contributed by atoms with Gasteiger partial charge in [0.05, 0.1) is 24.6 Å². The van der Waals surface area contributed by atoms with Crippen molar-refractivity contribution in [3.8, 4) is 0 Å². The van der Waals surface area contributed by atoms with Crippen molar-refractivity contribution < 1.29 is 18.3 Å². The molecule has 1 aliphatic rings. The number of rotatable bonds is 5. The van der Waals surface area contributed by atoms with Gasteiger partial charge in [-0.05, 0) is 29.8 Å². The lowest BCUT2D eigenvalue weighted by Gasteiger charge is -2.34. The lowest BCUT2D eigenvalue weighted by molar-refractivity contribution is 0.0161. The number of morpholine rings is 1. The second kappa shape index (κ2) is 8.55. The Labute approximate surface area is 166 Å². The molecule has 150 valence electrons. The Morgan fingerprint density at radius 2 is 1.83 bits per heavy atom. The highest BCUT2D eigenvalue weighted by Crippen LogP contribution is 2.22. The first kappa shape index (κ1) is 19.3. The maximum absolute atomic E-state index is 13.3. The molecule has 1 aromatic heterocycles. The first-order chi connectivity index (χ1) is 14.1. The van der Waals surface area contributed by atoms with E-state index in [4.69, 9.17) is 9.15 Å². The zero-order chi connectivity index (χ0) is 20.2. The molecule has 0 saturated carbocycles. The molecule has 7 heteroatoms. The van der Waals surface area contributed by atoms with Crippen molar-refractivity contribution in [2.75, 3.05) is 32.8 Å². The van der Waals surface area contributed by atoms with Crippen LogP contribution in [-0.2, 0) is 4.74 Å². The molecule has 1 aliphatic heterocycles. The van der Waals surface area contributed by atoms with Gasteiger partial charge in [0.15, 0.2) is 11.2 Å². The van der Waals surface area contributed by atoms with Gasteiger partial charge in [0.2, 0.25) is 0 Å². The topological polar surface area (TPSA) is 71.8 Å². The van der Waals surface area contributed by atoms with Crippen molar-refractivity contribution in [2.24, 2.45) is 0 Å². The molecule has 0 aliphatic carbocycles. The number of para-hydroxylation sites is 1. The molecule has 1 unspecified atom stereocenters. The summed E-state index contributed by atoms with van der Waals surface area (Å²) >= 11 is 0. The summed E-state index contributed by atoms with van der Waals surface area (Å²) in [5, 5.41) is 3.29. The van der Waals surface area contributed by atoms with E-state index in [9.17, 15) is 14.0 Å². The van der Waals surface area contributed by atoms with Crippen molar-refractivity contribution in [1.82, 2.24) is 10.2 Å². The van der Waals surface area contributed by atoms with Crippen molar-refractivity contribution in [3.05, 3.63) is 82.0 Å². The van der Waals surface area contributed by atoms with Gasteiger partial charge in [-0.15, -0.1) is 0 Å². The van der Waals surface area contributed by atoms with Gasteiger partial charge >= 0.3 is 0 Å². The normalized spacial score (nSPS) is 15.9. The summed E-state index contributed by atoms with van der Waals surface area (Å²) in [6, 6.07) is 14.1. The highest BCUT2D eigenvalue weighted by atomic mass is 19.1. The summed E-state index contributed by atoms with van der Waals surface area (Å²) in [5.41, 5.74) is 1.00. The third kappa shape index (κ3) is 4.36. The second-order valence-corrected chi connectivity index (χ2v) is 6.90. The Morgan fingerprint density at radius 1 is 1.10 bits per heavy atom. The zero-order valence-corrected chi connectivity index (χ0v) is 15.8. The van der Waals surface area contributed by atoms with E-state index in [1.165, 1.54) is 18.2 Å². The van der Waals surface area contributed by atoms with Crippen LogP contribution in [0, 0.1) is 5.82 Å². The van der Waals surface area contributed by atoms with Crippen LogP contribution in [0.25, 0.3) is 11.0 Å². The minimum absolute atomic E-state index is 0.0338. The van der Waals surface area contributed by atoms with Gasteiger partial charge in [-0.1, -0.05) is 24.3 Å². The number of amides is 1. The number of fused-ring (bicyclic) bond motifs is 1. The van der Waals surface area contributed by atoms with Gasteiger partial charge in [-0.25, -0.2) is 4.39 Å². The number of carbonyl (C=O) groups is 1. The number of nitrogens with zero attached hydrogens (tertiary/aromatic N) is 1. The smallest absolute Gasteiger partial charge is 0.287 e. The van der Waals surface area contributed by atoms with Crippen molar-refractivity contribution in [1.29, 1.82) is 0 Å². The Bertz CT molecular complexity index is 1060. The summed E-state index contributed by atoms with van der Waals surface area (Å²) in [5.74, 6) is -0.807. The van der Waals surface area contributed by atoms with Gasteiger partial charge in [0, 0.05) is 25.7 Å². The van der Waals surface area contributed by atoms with E-state index in [1.807, 2.05) is 0 Å². The predicted octanol–water partition coefficient (Wildman–Crippen LogP) is 2.74. The van der Waals surface area contributed by atoms with Gasteiger partial charge in [0.25, 0.3) is 5.91 Å². The summed E-state index contributed by atoms with van der Waals surface area (Å²) in [6.07, 6.45) is 0. The van der Waals surface area contributed by atoms with Crippen LogP contribution in [0.1, 0.15) is 22.2 Å². The molecule has 0 spiro atoms. The zero-order valence-electron chi connectivity index (χ0n) is 15.8. The summed E-state index contributed by atoms with van der Waals surface area (Å²) in [6.45, 7) is 2.92. The third-order valence-electron chi connectivity index (χ3n) is 5.06. The molecule has 1 saturated heterocycles. The lowest BCUT2D eigenvalue weighted by atomic mass is 10.0. The van der Waals surface area contributed by atoms with Gasteiger partial charge < -0.3 is 14.5 Å². The van der Waals surface area contributed by atoms with Crippen LogP contribution < -0.4 is 10.7 Å². The maximum Gasteiger partial charge on any atom is 0.287 e. The van der Waals surface area contributed by atoms with E-state index in [0.717, 1.165) is 5.56 Å². The van der Waals surface area contributed by atoms with Crippen LogP contribution in [0.3, 0.4) is 0 Å². The standard InChI is InChI=1S/C22H21FN2O4/c23-16-7-5-15(6-8-16)18(25-9-11-28-12-10-25)14-24-22(27)21-13-19(26)17-3-1-2-4-20(17)29-21/h1-8,13,18H,9-12,14H2,(H,24,27). The molecule has 2 heterocycles. The summed E-state index contributed by atoms with van der Waals surface area (Å²) in [4.78, 5) is 27.1. The molecule has 1 N–H and O–H groups in total. The van der Waals surface area contributed by atoms with Gasteiger partial charge in [0.1, 0.15) is 11.4 Å². The van der Waals surface area contributed by atoms with Gasteiger partial charge in [-0.2, -0.15) is 0 Å². The van der Waals surface area contributed by atoms with Crippen LogP contribution in [0.4, 0.5) is 4.39 Å². The fraction of sp³-hybridized carbons (Fsp3) is 0.273. The second-order valence-electron chi connectivity index (χ2n) is 6.90. The number of hydrogen-bond donors (Lipinski definition) is 1. The Hall–Kier alpha value is -3.03. The Morgan fingerprint density at radius 3 is 2.59 bits per heavy atom. The number of hydrogen-bond acceptors (Lipinski definition) is 5.